The number of hydrogen-bond acceptors (Lipinski definition) is 1. The van der Waals surface area contributed by atoms with Gasteiger partial charge in [0.05, 0.1) is 0 Å². The summed E-state index contributed by atoms with van der Waals surface area (Å²) in [6.07, 6.45) is 2.12. The Bertz CT molecular complexity index is 68.8. The Labute approximate surface area is 51.1 Å². The molecule has 1 nitrogen and oxygen atoms in total. The van der Waals surface area contributed by atoms with Gasteiger partial charge in [0.1, 0.15) is 6.29 Å². The second-order valence-electron chi connectivity index (χ2n) is 2.38. The minimum Gasteiger partial charge on any atom is -0.303 e. The molecule has 0 aromatic rings. The topological polar surface area (TPSA) is 17.1 Å². The molecule has 8 heavy (non-hydrogen) atoms. The lowest BCUT2D eigenvalue weighted by Crippen LogP contribution is -2.06. The molecule has 0 bridgehead atoms. The molecule has 0 amide bonds. The van der Waals surface area contributed by atoms with Crippen LogP contribution in [0, 0.1) is 11.8 Å². The van der Waals surface area contributed by atoms with E-state index >= 15 is 0 Å². The maximum atomic E-state index is 10.1. The Balaban J connectivity index is 3.44. The van der Waals surface area contributed by atoms with Crippen LogP contribution >= 0.6 is 0 Å². The van der Waals surface area contributed by atoms with E-state index in [0.29, 0.717) is 5.92 Å². The summed E-state index contributed by atoms with van der Waals surface area (Å²) in [6, 6.07) is 0. The molecule has 0 aromatic heterocycles. The first-order valence-electron chi connectivity index (χ1n) is 3.17. The highest BCUT2D eigenvalue weighted by Crippen LogP contribution is 2.10. The third-order valence-corrected chi connectivity index (χ3v) is 1.76. The first kappa shape index (κ1) is 7.67. The molecule has 48 valence electrons. The maximum absolute atomic E-state index is 10.1. The van der Waals surface area contributed by atoms with Crippen molar-refractivity contribution in [1.82, 2.24) is 0 Å². The van der Waals surface area contributed by atoms with Gasteiger partial charge in [-0.25, -0.2) is 0 Å². The summed E-state index contributed by atoms with van der Waals surface area (Å²) in [5, 5.41) is 0. The maximum Gasteiger partial charge on any atom is 0.123 e. The zero-order valence-corrected chi connectivity index (χ0v) is 5.85. The van der Waals surface area contributed by atoms with Crippen molar-refractivity contribution in [2.24, 2.45) is 11.8 Å². The van der Waals surface area contributed by atoms with Gasteiger partial charge >= 0.3 is 0 Å². The van der Waals surface area contributed by atoms with Gasteiger partial charge in [-0.2, -0.15) is 0 Å². The van der Waals surface area contributed by atoms with Crippen LogP contribution in [0.3, 0.4) is 0 Å². The summed E-state index contributed by atoms with van der Waals surface area (Å²) < 4.78 is 0. The molecule has 2 unspecified atom stereocenters. The summed E-state index contributed by atoms with van der Waals surface area (Å²) >= 11 is 0. The SMILES string of the molecule is CCC(C)C(C)C=O. The molecule has 0 saturated carbocycles. The van der Waals surface area contributed by atoms with Crippen molar-refractivity contribution < 1.29 is 4.79 Å². The first-order chi connectivity index (χ1) is 3.72. The third kappa shape index (κ3) is 2.10. The lowest BCUT2D eigenvalue weighted by Gasteiger charge is -2.09. The Hall–Kier alpha value is -0.330. The number of carbonyl (C=O) groups is 1. The fourth-order valence-corrected chi connectivity index (χ4v) is 0.506. The van der Waals surface area contributed by atoms with Crippen LogP contribution in [-0.2, 0) is 4.79 Å². The molecule has 0 rings (SSSR count). The molecule has 0 fully saturated rings. The van der Waals surface area contributed by atoms with Crippen LogP contribution in [0.15, 0.2) is 0 Å². The van der Waals surface area contributed by atoms with Crippen LogP contribution in [0.1, 0.15) is 27.2 Å². The number of carbonyl (C=O) groups excluding carboxylic acids is 1. The number of rotatable bonds is 3. The van der Waals surface area contributed by atoms with Gasteiger partial charge in [0.25, 0.3) is 0 Å². The molecule has 0 saturated heterocycles. The molecule has 0 aromatic carbocycles. The highest BCUT2D eigenvalue weighted by molar-refractivity contribution is 5.53. The van der Waals surface area contributed by atoms with Gasteiger partial charge in [0.2, 0.25) is 0 Å². The van der Waals surface area contributed by atoms with Crippen molar-refractivity contribution in [2.45, 2.75) is 27.2 Å². The summed E-state index contributed by atoms with van der Waals surface area (Å²) in [5.41, 5.74) is 0. The van der Waals surface area contributed by atoms with E-state index in [1.165, 1.54) is 0 Å². The molecule has 1 heteroatoms. The van der Waals surface area contributed by atoms with Gasteiger partial charge in [-0.15, -0.1) is 0 Å². The van der Waals surface area contributed by atoms with Crippen LogP contribution in [0.5, 0.6) is 0 Å². The van der Waals surface area contributed by atoms with Crippen LogP contribution in [0.4, 0.5) is 0 Å². The van der Waals surface area contributed by atoms with E-state index in [-0.39, 0.29) is 5.92 Å². The average molecular weight is 114 g/mol. The summed E-state index contributed by atoms with van der Waals surface area (Å²) in [5.74, 6) is 0.785. The van der Waals surface area contributed by atoms with Crippen LogP contribution in [0.25, 0.3) is 0 Å². The van der Waals surface area contributed by atoms with Crippen molar-refractivity contribution in [3.05, 3.63) is 0 Å². The zero-order chi connectivity index (χ0) is 6.57. The van der Waals surface area contributed by atoms with E-state index in [1.807, 2.05) is 6.92 Å². The summed E-state index contributed by atoms with van der Waals surface area (Å²) in [6.45, 7) is 6.16. The predicted octanol–water partition coefficient (Wildman–Crippen LogP) is 1.87. The number of hydrogen-bond donors (Lipinski definition) is 0. The summed E-state index contributed by atoms with van der Waals surface area (Å²) in [7, 11) is 0. The Morgan fingerprint density at radius 1 is 1.50 bits per heavy atom. The largest absolute Gasteiger partial charge is 0.303 e. The van der Waals surface area contributed by atoms with E-state index in [0.717, 1.165) is 12.7 Å². The molecule has 0 spiro atoms. The van der Waals surface area contributed by atoms with E-state index in [2.05, 4.69) is 13.8 Å². The van der Waals surface area contributed by atoms with Gasteiger partial charge in [0, 0.05) is 5.92 Å². The van der Waals surface area contributed by atoms with Crippen LogP contribution in [0.2, 0.25) is 0 Å². The highest BCUT2D eigenvalue weighted by Gasteiger charge is 2.06. The van der Waals surface area contributed by atoms with E-state index in [1.54, 1.807) is 0 Å². The Morgan fingerprint density at radius 3 is 2.12 bits per heavy atom. The summed E-state index contributed by atoms with van der Waals surface area (Å²) in [4.78, 5) is 10.1. The molecule has 0 aliphatic rings. The van der Waals surface area contributed by atoms with Crippen molar-refractivity contribution in [1.29, 1.82) is 0 Å². The standard InChI is InChI=1S/C7H14O/c1-4-6(2)7(3)5-8/h5-7H,4H2,1-3H3. The minimum absolute atomic E-state index is 0.236. The molecule has 2 atom stereocenters. The number of aldehydes is 1. The van der Waals surface area contributed by atoms with E-state index in [9.17, 15) is 4.79 Å². The molecular weight excluding hydrogens is 100 g/mol. The van der Waals surface area contributed by atoms with Crippen molar-refractivity contribution in [2.75, 3.05) is 0 Å². The second kappa shape index (κ2) is 3.65. The van der Waals surface area contributed by atoms with E-state index in [4.69, 9.17) is 0 Å². The zero-order valence-electron chi connectivity index (χ0n) is 5.85. The molecule has 0 heterocycles. The van der Waals surface area contributed by atoms with E-state index < -0.39 is 0 Å². The Kier molecular flexibility index (Phi) is 3.49. The third-order valence-electron chi connectivity index (χ3n) is 1.76. The van der Waals surface area contributed by atoms with Gasteiger partial charge in [-0.05, 0) is 5.92 Å². The van der Waals surface area contributed by atoms with Crippen molar-refractivity contribution >= 4 is 6.29 Å². The minimum atomic E-state index is 0.236. The highest BCUT2D eigenvalue weighted by atomic mass is 16.1. The van der Waals surface area contributed by atoms with Crippen molar-refractivity contribution in [3.8, 4) is 0 Å². The van der Waals surface area contributed by atoms with Gasteiger partial charge in [-0.1, -0.05) is 27.2 Å². The fraction of sp³-hybridized carbons (Fsp3) is 0.857. The lowest BCUT2D eigenvalue weighted by molar-refractivity contribution is -0.111. The van der Waals surface area contributed by atoms with Gasteiger partial charge < -0.3 is 4.79 Å². The lowest BCUT2D eigenvalue weighted by atomic mass is 9.95. The van der Waals surface area contributed by atoms with Crippen LogP contribution in [-0.4, -0.2) is 6.29 Å². The fourth-order valence-electron chi connectivity index (χ4n) is 0.506. The van der Waals surface area contributed by atoms with Crippen LogP contribution < -0.4 is 0 Å². The quantitative estimate of drug-likeness (QED) is 0.512. The normalized spacial score (nSPS) is 17.4. The smallest absolute Gasteiger partial charge is 0.123 e. The van der Waals surface area contributed by atoms with Gasteiger partial charge in [0.15, 0.2) is 0 Å². The first-order valence-corrected chi connectivity index (χ1v) is 3.17. The molecule has 0 radical (unpaired) electrons. The second-order valence-corrected chi connectivity index (χ2v) is 2.38. The molecule has 0 N–H and O–H groups in total. The molecular formula is C7H14O. The average Bonchev–Trinajstić information content (AvgIpc) is 1.84. The Morgan fingerprint density at radius 2 is 2.00 bits per heavy atom. The van der Waals surface area contributed by atoms with Crippen molar-refractivity contribution in [3.63, 3.8) is 0 Å². The van der Waals surface area contributed by atoms with Gasteiger partial charge in [-0.3, -0.25) is 0 Å². The monoisotopic (exact) mass is 114 g/mol. The molecule has 0 aliphatic heterocycles. The predicted molar refractivity (Wildman–Crippen MR) is 34.7 cm³/mol. The molecule has 0 aliphatic carbocycles.